The average Bonchev–Trinajstić information content (AvgIpc) is 2.74. The number of aromatic nitrogens is 2. The van der Waals surface area contributed by atoms with Crippen molar-refractivity contribution in [3.8, 4) is 17.0 Å². The van der Waals surface area contributed by atoms with Gasteiger partial charge in [0.1, 0.15) is 17.9 Å². The molecule has 3 aromatic rings. The fraction of sp³-hybridized carbons (Fsp3) is 0.200. The molecule has 1 heterocycles. The van der Waals surface area contributed by atoms with Crippen molar-refractivity contribution in [1.29, 1.82) is 0 Å². The van der Waals surface area contributed by atoms with Crippen molar-refractivity contribution < 1.29 is 17.9 Å². The number of benzene rings is 2. The molecule has 0 atom stereocenters. The number of ether oxygens (including phenoxy) is 2. The molecule has 0 aliphatic rings. The zero-order chi connectivity index (χ0) is 20.7. The molecule has 0 aliphatic carbocycles. The SMILES string of the molecule is COCCNS(=O)(=O)c1cccc(Nc2cc(-c3ccccc3OC)ncn2)c1. The number of hydrogen-bond donors (Lipinski definition) is 2. The van der Waals surface area contributed by atoms with Crippen LogP contribution in [0.25, 0.3) is 11.3 Å². The third-order valence-corrected chi connectivity index (χ3v) is 5.52. The first-order valence-electron chi connectivity index (χ1n) is 8.84. The Kier molecular flexibility index (Phi) is 6.76. The van der Waals surface area contributed by atoms with Crippen LogP contribution in [0.15, 0.2) is 65.8 Å². The minimum Gasteiger partial charge on any atom is -0.496 e. The van der Waals surface area contributed by atoms with Crippen molar-refractivity contribution in [3.05, 3.63) is 60.9 Å². The molecular weight excluding hydrogens is 392 g/mol. The summed E-state index contributed by atoms with van der Waals surface area (Å²) in [5, 5.41) is 3.12. The number of para-hydroxylation sites is 1. The summed E-state index contributed by atoms with van der Waals surface area (Å²) >= 11 is 0. The van der Waals surface area contributed by atoms with E-state index in [1.54, 1.807) is 31.4 Å². The molecule has 0 radical (unpaired) electrons. The largest absolute Gasteiger partial charge is 0.496 e. The van der Waals surface area contributed by atoms with Crippen molar-refractivity contribution in [3.63, 3.8) is 0 Å². The number of nitrogens with one attached hydrogen (secondary N) is 2. The predicted molar refractivity (Wildman–Crippen MR) is 111 cm³/mol. The molecule has 9 heteroatoms. The maximum absolute atomic E-state index is 12.4. The molecule has 152 valence electrons. The highest BCUT2D eigenvalue weighted by Crippen LogP contribution is 2.29. The zero-order valence-corrected chi connectivity index (χ0v) is 16.9. The molecule has 0 bridgehead atoms. The Morgan fingerprint density at radius 3 is 2.62 bits per heavy atom. The zero-order valence-electron chi connectivity index (χ0n) is 16.1. The third-order valence-electron chi connectivity index (χ3n) is 4.07. The van der Waals surface area contributed by atoms with Gasteiger partial charge in [-0.15, -0.1) is 0 Å². The first-order chi connectivity index (χ1) is 14.0. The van der Waals surface area contributed by atoms with E-state index >= 15 is 0 Å². The van der Waals surface area contributed by atoms with Crippen LogP contribution < -0.4 is 14.8 Å². The van der Waals surface area contributed by atoms with Gasteiger partial charge in [0.15, 0.2) is 0 Å². The number of nitrogens with zero attached hydrogens (tertiary/aromatic N) is 2. The lowest BCUT2D eigenvalue weighted by Crippen LogP contribution is -2.27. The van der Waals surface area contributed by atoms with Gasteiger partial charge in [0.25, 0.3) is 0 Å². The van der Waals surface area contributed by atoms with Gasteiger partial charge in [-0.1, -0.05) is 18.2 Å². The summed E-state index contributed by atoms with van der Waals surface area (Å²) in [6.45, 7) is 0.495. The predicted octanol–water partition coefficient (Wildman–Crippen LogP) is 2.82. The van der Waals surface area contributed by atoms with Crippen LogP contribution in [0, 0.1) is 0 Å². The Morgan fingerprint density at radius 1 is 1.00 bits per heavy atom. The van der Waals surface area contributed by atoms with Gasteiger partial charge in [-0.3, -0.25) is 0 Å². The first-order valence-corrected chi connectivity index (χ1v) is 10.3. The van der Waals surface area contributed by atoms with Crippen LogP contribution in [0.3, 0.4) is 0 Å². The standard InChI is InChI=1S/C20H22N4O4S/c1-27-11-10-23-29(25,26)16-7-5-6-15(12-16)24-20-13-18(21-14-22-20)17-8-3-4-9-19(17)28-2/h3-9,12-14,23H,10-11H2,1-2H3,(H,21,22,24). The smallest absolute Gasteiger partial charge is 0.240 e. The average molecular weight is 414 g/mol. The van der Waals surface area contributed by atoms with E-state index in [9.17, 15) is 8.42 Å². The summed E-state index contributed by atoms with van der Waals surface area (Å²) in [6.07, 6.45) is 1.44. The second kappa shape index (κ2) is 9.46. The second-order valence-electron chi connectivity index (χ2n) is 6.03. The van der Waals surface area contributed by atoms with Crippen LogP contribution in [0.5, 0.6) is 5.75 Å². The molecule has 0 fully saturated rings. The molecule has 2 aromatic carbocycles. The van der Waals surface area contributed by atoms with Gasteiger partial charge >= 0.3 is 0 Å². The highest BCUT2D eigenvalue weighted by molar-refractivity contribution is 7.89. The van der Waals surface area contributed by atoms with Crippen molar-refractivity contribution in [2.45, 2.75) is 4.90 Å². The topological polar surface area (TPSA) is 102 Å². The Labute approximate surface area is 170 Å². The van der Waals surface area contributed by atoms with E-state index in [2.05, 4.69) is 20.0 Å². The monoisotopic (exact) mass is 414 g/mol. The molecule has 3 rings (SSSR count). The van der Waals surface area contributed by atoms with Gasteiger partial charge in [0.05, 0.1) is 24.3 Å². The van der Waals surface area contributed by atoms with E-state index in [0.29, 0.717) is 29.6 Å². The van der Waals surface area contributed by atoms with Gasteiger partial charge in [0.2, 0.25) is 10.0 Å². The van der Waals surface area contributed by atoms with Gasteiger partial charge in [-0.2, -0.15) is 0 Å². The molecule has 1 aromatic heterocycles. The van der Waals surface area contributed by atoms with Crippen molar-refractivity contribution in [2.75, 3.05) is 32.7 Å². The van der Waals surface area contributed by atoms with Gasteiger partial charge in [0, 0.05) is 31.0 Å². The summed E-state index contributed by atoms with van der Waals surface area (Å²) in [5.41, 5.74) is 2.10. The number of methoxy groups -OCH3 is 2. The number of sulfonamides is 1. The molecule has 0 saturated heterocycles. The normalized spacial score (nSPS) is 11.2. The van der Waals surface area contributed by atoms with E-state index in [1.165, 1.54) is 19.5 Å². The van der Waals surface area contributed by atoms with Crippen LogP contribution in [-0.4, -0.2) is 45.8 Å². The maximum Gasteiger partial charge on any atom is 0.240 e. The van der Waals surface area contributed by atoms with E-state index in [0.717, 1.165) is 5.56 Å². The summed E-state index contributed by atoms with van der Waals surface area (Å²) in [4.78, 5) is 8.68. The minimum absolute atomic E-state index is 0.151. The summed E-state index contributed by atoms with van der Waals surface area (Å²) in [7, 11) is -0.510. The first kappa shape index (κ1) is 20.7. The van der Waals surface area contributed by atoms with E-state index in [1.807, 2.05) is 24.3 Å². The lowest BCUT2D eigenvalue weighted by molar-refractivity contribution is 0.204. The number of hydrogen-bond acceptors (Lipinski definition) is 7. The Hall–Kier alpha value is -3.01. The van der Waals surface area contributed by atoms with Crippen LogP contribution in [0.4, 0.5) is 11.5 Å². The fourth-order valence-electron chi connectivity index (χ4n) is 2.68. The van der Waals surface area contributed by atoms with Gasteiger partial charge in [-0.25, -0.2) is 23.1 Å². The molecule has 0 unspecified atom stereocenters. The van der Waals surface area contributed by atoms with Crippen molar-refractivity contribution in [1.82, 2.24) is 14.7 Å². The second-order valence-corrected chi connectivity index (χ2v) is 7.80. The molecule has 0 saturated carbocycles. The fourth-order valence-corrected chi connectivity index (χ4v) is 3.74. The number of rotatable bonds is 9. The Bertz CT molecular complexity index is 1070. The lowest BCUT2D eigenvalue weighted by Gasteiger charge is -2.11. The van der Waals surface area contributed by atoms with Gasteiger partial charge in [-0.05, 0) is 30.3 Å². The molecule has 29 heavy (non-hydrogen) atoms. The number of anilines is 2. The molecule has 8 nitrogen and oxygen atoms in total. The highest BCUT2D eigenvalue weighted by Gasteiger charge is 2.14. The summed E-state index contributed by atoms with van der Waals surface area (Å²) in [6, 6.07) is 15.8. The van der Waals surface area contributed by atoms with Crippen molar-refractivity contribution in [2.24, 2.45) is 0 Å². The van der Waals surface area contributed by atoms with Crippen LogP contribution in [-0.2, 0) is 14.8 Å². The third kappa shape index (κ3) is 5.29. The molecule has 2 N–H and O–H groups in total. The minimum atomic E-state index is -3.63. The summed E-state index contributed by atoms with van der Waals surface area (Å²) in [5.74, 6) is 1.23. The van der Waals surface area contributed by atoms with Crippen molar-refractivity contribution >= 4 is 21.5 Å². The van der Waals surface area contributed by atoms with Crippen LogP contribution >= 0.6 is 0 Å². The molecule has 0 amide bonds. The van der Waals surface area contributed by atoms with Gasteiger partial charge < -0.3 is 14.8 Å². The quantitative estimate of drug-likeness (QED) is 0.519. The lowest BCUT2D eigenvalue weighted by atomic mass is 10.1. The molecular formula is C20H22N4O4S. The van der Waals surface area contributed by atoms with E-state index in [-0.39, 0.29) is 11.4 Å². The maximum atomic E-state index is 12.4. The highest BCUT2D eigenvalue weighted by atomic mass is 32.2. The van der Waals surface area contributed by atoms with E-state index < -0.39 is 10.0 Å². The van der Waals surface area contributed by atoms with Crippen LogP contribution in [0.2, 0.25) is 0 Å². The van der Waals surface area contributed by atoms with Crippen LogP contribution in [0.1, 0.15) is 0 Å². The molecule has 0 spiro atoms. The van der Waals surface area contributed by atoms with E-state index in [4.69, 9.17) is 9.47 Å². The summed E-state index contributed by atoms with van der Waals surface area (Å²) < 4.78 is 37.5. The Morgan fingerprint density at radius 2 is 1.83 bits per heavy atom. The Balaban J connectivity index is 1.82. The molecule has 0 aliphatic heterocycles.